The van der Waals surface area contributed by atoms with E-state index in [2.05, 4.69) is 67.5 Å². The number of ether oxygens (including phenoxy) is 1. The molecule has 3 heterocycles. The molecule has 210 valence electrons. The molecule has 5 rings (SSSR count). The van der Waals surface area contributed by atoms with Crippen molar-refractivity contribution in [2.45, 2.75) is 24.6 Å². The van der Waals surface area contributed by atoms with Crippen LogP contribution in [0.2, 0.25) is 0 Å². The Balaban J connectivity index is 1.28. The lowest BCUT2D eigenvalue weighted by molar-refractivity contribution is -0.104. The zero-order valence-corrected chi connectivity index (χ0v) is 24.1. The minimum absolute atomic E-state index is 0.433. The summed E-state index contributed by atoms with van der Waals surface area (Å²) in [7, 11) is 2.01. The summed E-state index contributed by atoms with van der Waals surface area (Å²) in [5.41, 5.74) is 5.19. The highest BCUT2D eigenvalue weighted by molar-refractivity contribution is 7.99. The number of nitrogens with zero attached hydrogens (tertiary/aromatic N) is 5. The van der Waals surface area contributed by atoms with E-state index in [0.29, 0.717) is 23.8 Å². The van der Waals surface area contributed by atoms with Crippen LogP contribution >= 0.6 is 11.8 Å². The second-order valence-electron chi connectivity index (χ2n) is 10.2. The number of allylic oxidation sites excluding steroid dienone is 3. The van der Waals surface area contributed by atoms with Gasteiger partial charge in [-0.15, -0.1) is 0 Å². The lowest BCUT2D eigenvalue weighted by Crippen LogP contribution is -2.36. The molecule has 0 bridgehead atoms. The van der Waals surface area contributed by atoms with Crippen LogP contribution in [0.1, 0.15) is 24.2 Å². The van der Waals surface area contributed by atoms with E-state index < -0.39 is 0 Å². The molecule has 0 saturated carbocycles. The van der Waals surface area contributed by atoms with Crippen LogP contribution in [-0.4, -0.2) is 79.3 Å². The van der Waals surface area contributed by atoms with E-state index >= 15 is 0 Å². The SMILES string of the molecule is CSC1CCN(c2cccc(CN(C)C=C(/C=C\C=O)c3noc(-c4ccc(N5CCOCC5)cc4)n3)c2)CC1. The molecule has 0 atom stereocenters. The van der Waals surface area contributed by atoms with Gasteiger partial charge in [0.2, 0.25) is 5.82 Å². The van der Waals surface area contributed by atoms with Crippen LogP contribution in [0.5, 0.6) is 0 Å². The third kappa shape index (κ3) is 7.14. The molecule has 0 N–H and O–H groups in total. The summed E-state index contributed by atoms with van der Waals surface area (Å²) < 4.78 is 11.1. The van der Waals surface area contributed by atoms with Crippen molar-refractivity contribution in [3.63, 3.8) is 0 Å². The van der Waals surface area contributed by atoms with Gasteiger partial charge in [-0.2, -0.15) is 16.7 Å². The summed E-state index contributed by atoms with van der Waals surface area (Å²) in [5.74, 6) is 0.872. The lowest BCUT2D eigenvalue weighted by Gasteiger charge is -2.33. The number of benzene rings is 2. The molecule has 0 spiro atoms. The zero-order chi connectivity index (χ0) is 27.7. The van der Waals surface area contributed by atoms with Crippen molar-refractivity contribution in [2.24, 2.45) is 0 Å². The predicted molar refractivity (Wildman–Crippen MR) is 163 cm³/mol. The first-order valence-electron chi connectivity index (χ1n) is 13.8. The fraction of sp³-hybridized carbons (Fsp3) is 0.387. The molecular weight excluding hydrogens is 522 g/mol. The van der Waals surface area contributed by atoms with Crippen molar-refractivity contribution in [1.29, 1.82) is 0 Å². The van der Waals surface area contributed by atoms with Crippen molar-refractivity contribution >= 4 is 35.0 Å². The molecule has 2 aliphatic rings. The smallest absolute Gasteiger partial charge is 0.258 e. The van der Waals surface area contributed by atoms with Gasteiger partial charge in [-0.3, -0.25) is 4.79 Å². The third-order valence-corrected chi connectivity index (χ3v) is 8.51. The van der Waals surface area contributed by atoms with Gasteiger partial charge in [0.25, 0.3) is 5.89 Å². The molecule has 0 radical (unpaired) electrons. The average Bonchev–Trinajstić information content (AvgIpc) is 3.50. The molecule has 0 aliphatic carbocycles. The number of aromatic nitrogens is 2. The van der Waals surface area contributed by atoms with Crippen LogP contribution in [0, 0.1) is 0 Å². The molecule has 2 aromatic carbocycles. The number of aldehydes is 1. The zero-order valence-electron chi connectivity index (χ0n) is 23.2. The lowest BCUT2D eigenvalue weighted by atomic mass is 10.1. The van der Waals surface area contributed by atoms with E-state index in [1.807, 2.05) is 37.1 Å². The normalized spacial score (nSPS) is 17.0. The summed E-state index contributed by atoms with van der Waals surface area (Å²) in [6.07, 6.45) is 10.5. The maximum absolute atomic E-state index is 11.1. The number of thioether (sulfide) groups is 1. The number of rotatable bonds is 10. The average molecular weight is 560 g/mol. The number of carbonyl (C=O) groups is 1. The summed E-state index contributed by atoms with van der Waals surface area (Å²) in [6, 6.07) is 16.9. The minimum Gasteiger partial charge on any atom is -0.378 e. The second kappa shape index (κ2) is 13.7. The largest absolute Gasteiger partial charge is 0.378 e. The maximum Gasteiger partial charge on any atom is 0.258 e. The van der Waals surface area contributed by atoms with E-state index in [-0.39, 0.29) is 0 Å². The van der Waals surface area contributed by atoms with Gasteiger partial charge in [-0.1, -0.05) is 17.3 Å². The Morgan fingerprint density at radius 3 is 2.52 bits per heavy atom. The molecule has 0 unspecified atom stereocenters. The van der Waals surface area contributed by atoms with E-state index in [9.17, 15) is 4.79 Å². The third-order valence-electron chi connectivity index (χ3n) is 7.37. The van der Waals surface area contributed by atoms with Crippen molar-refractivity contribution in [1.82, 2.24) is 15.0 Å². The molecule has 40 heavy (non-hydrogen) atoms. The number of hydrogen-bond acceptors (Lipinski definition) is 9. The van der Waals surface area contributed by atoms with Gasteiger partial charge in [0.1, 0.15) is 6.29 Å². The van der Waals surface area contributed by atoms with Gasteiger partial charge >= 0.3 is 0 Å². The summed E-state index contributed by atoms with van der Waals surface area (Å²) in [4.78, 5) is 22.6. The summed E-state index contributed by atoms with van der Waals surface area (Å²) >= 11 is 1.98. The van der Waals surface area contributed by atoms with Crippen molar-refractivity contribution in [2.75, 3.05) is 62.5 Å². The Hall–Kier alpha value is -3.56. The van der Waals surface area contributed by atoms with Crippen LogP contribution in [0.25, 0.3) is 17.0 Å². The van der Waals surface area contributed by atoms with Gasteiger partial charge in [-0.25, -0.2) is 0 Å². The van der Waals surface area contributed by atoms with E-state index in [4.69, 9.17) is 9.26 Å². The number of hydrogen-bond donors (Lipinski definition) is 0. The molecule has 0 amide bonds. The van der Waals surface area contributed by atoms with Crippen molar-refractivity contribution in [3.05, 3.63) is 78.3 Å². The molecule has 1 aromatic heterocycles. The minimum atomic E-state index is 0.433. The van der Waals surface area contributed by atoms with Crippen LogP contribution in [0.3, 0.4) is 0 Å². The van der Waals surface area contributed by atoms with E-state index in [0.717, 1.165) is 62.2 Å². The van der Waals surface area contributed by atoms with Crippen LogP contribution in [0.15, 0.2) is 71.4 Å². The molecule has 2 saturated heterocycles. The Bertz CT molecular complexity index is 1310. The molecule has 3 aromatic rings. The Kier molecular flexibility index (Phi) is 9.57. The highest BCUT2D eigenvalue weighted by atomic mass is 32.2. The van der Waals surface area contributed by atoms with E-state index in [1.54, 1.807) is 6.08 Å². The van der Waals surface area contributed by atoms with Crippen LogP contribution in [-0.2, 0) is 16.1 Å². The maximum atomic E-state index is 11.1. The first kappa shape index (κ1) is 28.0. The summed E-state index contributed by atoms with van der Waals surface area (Å²) in [6.45, 7) is 6.17. The fourth-order valence-electron chi connectivity index (χ4n) is 5.18. The first-order valence-corrected chi connectivity index (χ1v) is 15.1. The highest BCUT2D eigenvalue weighted by Crippen LogP contribution is 2.27. The molecule has 8 nitrogen and oxygen atoms in total. The van der Waals surface area contributed by atoms with E-state index in [1.165, 1.54) is 30.2 Å². The first-order chi connectivity index (χ1) is 19.6. The molecule has 9 heteroatoms. The quantitative estimate of drug-likeness (QED) is 0.191. The summed E-state index contributed by atoms with van der Waals surface area (Å²) in [5, 5.41) is 4.99. The highest BCUT2D eigenvalue weighted by Gasteiger charge is 2.19. The topological polar surface area (TPSA) is 74.9 Å². The van der Waals surface area contributed by atoms with Crippen LogP contribution in [0.4, 0.5) is 11.4 Å². The molecule has 2 fully saturated rings. The van der Waals surface area contributed by atoms with Gasteiger partial charge in [0.05, 0.1) is 13.2 Å². The monoisotopic (exact) mass is 559 g/mol. The van der Waals surface area contributed by atoms with Gasteiger partial charge in [-0.05, 0) is 73.2 Å². The fourth-order valence-corrected chi connectivity index (χ4v) is 5.87. The molecular formula is C31H37N5O3S. The number of carbonyl (C=O) groups excluding carboxylic acids is 1. The Morgan fingerprint density at radius 2 is 1.80 bits per heavy atom. The van der Waals surface area contributed by atoms with Gasteiger partial charge in [0.15, 0.2) is 0 Å². The van der Waals surface area contributed by atoms with Gasteiger partial charge in [0, 0.05) is 73.7 Å². The standard InChI is InChI=1S/C31H37N5O3S/c1-34(22-24-5-3-7-28(21-24)35-14-12-29(40-2)13-15-35)23-26(6-4-18-37)30-32-31(39-33-30)25-8-10-27(11-9-25)36-16-19-38-20-17-36/h3-11,18,21,23,29H,12-17,19-20,22H2,1-2H3/b6-4-,26-23?. The van der Waals surface area contributed by atoms with Gasteiger partial charge < -0.3 is 24.0 Å². The van der Waals surface area contributed by atoms with Crippen LogP contribution < -0.4 is 9.80 Å². The second-order valence-corrected chi connectivity index (χ2v) is 11.3. The predicted octanol–water partition coefficient (Wildman–Crippen LogP) is 5.13. The number of morpholine rings is 1. The number of anilines is 2. The Morgan fingerprint density at radius 1 is 1.05 bits per heavy atom. The molecule has 2 aliphatic heterocycles. The Labute approximate surface area is 240 Å². The van der Waals surface area contributed by atoms with Crippen molar-refractivity contribution in [3.8, 4) is 11.5 Å². The number of piperidine rings is 1. The van der Waals surface area contributed by atoms with Crippen molar-refractivity contribution < 1.29 is 14.1 Å².